The first-order valence-corrected chi connectivity index (χ1v) is 6.81. The zero-order valence-electron chi connectivity index (χ0n) is 11.2. The molecule has 1 heterocycles. The molecule has 0 bridgehead atoms. The van der Waals surface area contributed by atoms with Crippen molar-refractivity contribution in [2.24, 2.45) is 5.41 Å². The minimum Gasteiger partial charge on any atom is -0.399 e. The van der Waals surface area contributed by atoms with Crippen molar-refractivity contribution in [3.63, 3.8) is 0 Å². The summed E-state index contributed by atoms with van der Waals surface area (Å²) in [5.74, 6) is 0. The summed E-state index contributed by atoms with van der Waals surface area (Å²) in [6, 6.07) is 8.14. The molecule has 0 spiro atoms. The van der Waals surface area contributed by atoms with E-state index in [-0.39, 0.29) is 0 Å². The normalized spacial score (nSPS) is 18.7. The Balaban J connectivity index is 1.69. The van der Waals surface area contributed by atoms with E-state index in [1.165, 1.54) is 5.56 Å². The van der Waals surface area contributed by atoms with E-state index in [1.807, 2.05) is 12.1 Å². The maximum Gasteiger partial charge on any atom is 0.0471 e. The Morgan fingerprint density at radius 2 is 2.11 bits per heavy atom. The zero-order valence-corrected chi connectivity index (χ0v) is 11.2. The first-order valence-electron chi connectivity index (χ1n) is 6.81. The Morgan fingerprint density at radius 1 is 1.33 bits per heavy atom. The number of nitrogen functional groups attached to an aromatic ring is 1. The molecule has 0 aliphatic carbocycles. The monoisotopic (exact) mass is 248 g/mol. The van der Waals surface area contributed by atoms with E-state index >= 15 is 0 Å². The lowest BCUT2D eigenvalue weighted by Crippen LogP contribution is -2.37. The summed E-state index contributed by atoms with van der Waals surface area (Å²) in [6.07, 6.45) is 3.37. The van der Waals surface area contributed by atoms with Crippen molar-refractivity contribution in [2.75, 3.05) is 32.0 Å². The van der Waals surface area contributed by atoms with Gasteiger partial charge in [0.25, 0.3) is 0 Å². The molecule has 0 atom stereocenters. The van der Waals surface area contributed by atoms with Gasteiger partial charge in [-0.3, -0.25) is 0 Å². The minimum atomic E-state index is 0.411. The highest BCUT2D eigenvalue weighted by Crippen LogP contribution is 2.28. The van der Waals surface area contributed by atoms with Gasteiger partial charge in [0.05, 0.1) is 0 Å². The number of anilines is 1. The van der Waals surface area contributed by atoms with Crippen LogP contribution in [-0.4, -0.2) is 26.3 Å². The molecule has 0 aromatic heterocycles. The third-order valence-corrected chi connectivity index (χ3v) is 3.79. The van der Waals surface area contributed by atoms with Crippen LogP contribution in [0, 0.1) is 5.41 Å². The number of hydrogen-bond acceptors (Lipinski definition) is 3. The number of benzene rings is 1. The van der Waals surface area contributed by atoms with Crippen molar-refractivity contribution < 1.29 is 4.74 Å². The van der Waals surface area contributed by atoms with E-state index in [2.05, 4.69) is 24.4 Å². The number of nitrogens with two attached hydrogens (primary N) is 1. The fourth-order valence-electron chi connectivity index (χ4n) is 2.41. The largest absolute Gasteiger partial charge is 0.399 e. The summed E-state index contributed by atoms with van der Waals surface area (Å²) in [7, 11) is 0. The van der Waals surface area contributed by atoms with Crippen LogP contribution in [-0.2, 0) is 11.2 Å². The highest BCUT2D eigenvalue weighted by molar-refractivity contribution is 5.40. The van der Waals surface area contributed by atoms with Crippen LogP contribution in [0.5, 0.6) is 0 Å². The molecule has 1 aliphatic rings. The van der Waals surface area contributed by atoms with Crippen LogP contribution in [0.25, 0.3) is 0 Å². The summed E-state index contributed by atoms with van der Waals surface area (Å²) < 4.78 is 5.41. The standard InChI is InChI=1S/C15H24N2O/c1-15(6-9-18-10-7-15)12-17-8-5-13-3-2-4-14(16)11-13/h2-4,11,17H,5-10,12,16H2,1H3. The number of hydrogen-bond donors (Lipinski definition) is 2. The third-order valence-electron chi connectivity index (χ3n) is 3.79. The minimum absolute atomic E-state index is 0.411. The fourth-order valence-corrected chi connectivity index (χ4v) is 2.41. The van der Waals surface area contributed by atoms with Gasteiger partial charge in [0, 0.05) is 25.4 Å². The van der Waals surface area contributed by atoms with Crippen molar-refractivity contribution >= 4 is 5.69 Å². The van der Waals surface area contributed by atoms with Crippen LogP contribution in [0.2, 0.25) is 0 Å². The van der Waals surface area contributed by atoms with Gasteiger partial charge in [-0.15, -0.1) is 0 Å². The molecule has 0 radical (unpaired) electrons. The molecule has 100 valence electrons. The number of rotatable bonds is 5. The van der Waals surface area contributed by atoms with Gasteiger partial charge in [-0.25, -0.2) is 0 Å². The van der Waals surface area contributed by atoms with Crippen molar-refractivity contribution in [2.45, 2.75) is 26.2 Å². The Bertz CT molecular complexity index is 373. The van der Waals surface area contributed by atoms with Crippen LogP contribution in [0.15, 0.2) is 24.3 Å². The van der Waals surface area contributed by atoms with E-state index in [0.29, 0.717) is 5.41 Å². The first-order chi connectivity index (χ1) is 8.68. The van der Waals surface area contributed by atoms with Crippen LogP contribution in [0.3, 0.4) is 0 Å². The molecule has 18 heavy (non-hydrogen) atoms. The van der Waals surface area contributed by atoms with Gasteiger partial charge in [-0.05, 0) is 48.9 Å². The van der Waals surface area contributed by atoms with Gasteiger partial charge in [-0.2, -0.15) is 0 Å². The van der Waals surface area contributed by atoms with Crippen LogP contribution >= 0.6 is 0 Å². The highest BCUT2D eigenvalue weighted by atomic mass is 16.5. The maximum absolute atomic E-state index is 5.77. The molecule has 3 N–H and O–H groups in total. The third kappa shape index (κ3) is 4.00. The van der Waals surface area contributed by atoms with Crippen molar-refractivity contribution in [3.05, 3.63) is 29.8 Å². The number of ether oxygens (including phenoxy) is 1. The van der Waals surface area contributed by atoms with E-state index < -0.39 is 0 Å². The van der Waals surface area contributed by atoms with E-state index in [1.54, 1.807) is 0 Å². The van der Waals surface area contributed by atoms with Crippen molar-refractivity contribution in [3.8, 4) is 0 Å². The maximum atomic E-state index is 5.77. The molecule has 1 aromatic rings. The predicted molar refractivity (Wildman–Crippen MR) is 75.6 cm³/mol. The van der Waals surface area contributed by atoms with E-state index in [9.17, 15) is 0 Å². The summed E-state index contributed by atoms with van der Waals surface area (Å²) in [5.41, 5.74) is 8.33. The lowest BCUT2D eigenvalue weighted by molar-refractivity contribution is 0.0242. The lowest BCUT2D eigenvalue weighted by atomic mass is 9.82. The second kappa shape index (κ2) is 6.21. The quantitative estimate of drug-likeness (QED) is 0.620. The average molecular weight is 248 g/mol. The second-order valence-electron chi connectivity index (χ2n) is 5.59. The molecule has 2 rings (SSSR count). The molecular formula is C15H24N2O. The summed E-state index contributed by atoms with van der Waals surface area (Å²) in [6.45, 7) is 6.27. The Kier molecular flexibility index (Phi) is 4.61. The highest BCUT2D eigenvalue weighted by Gasteiger charge is 2.26. The lowest BCUT2D eigenvalue weighted by Gasteiger charge is -2.33. The molecule has 1 aromatic carbocycles. The molecule has 1 saturated heterocycles. The molecule has 0 amide bonds. The molecule has 3 nitrogen and oxygen atoms in total. The second-order valence-corrected chi connectivity index (χ2v) is 5.59. The summed E-state index contributed by atoms with van der Waals surface area (Å²) in [5, 5.41) is 3.57. The van der Waals surface area contributed by atoms with Crippen LogP contribution < -0.4 is 11.1 Å². The Hall–Kier alpha value is -1.06. The van der Waals surface area contributed by atoms with E-state index in [4.69, 9.17) is 10.5 Å². The molecular weight excluding hydrogens is 224 g/mol. The molecule has 1 fully saturated rings. The fraction of sp³-hybridized carbons (Fsp3) is 0.600. The predicted octanol–water partition coefficient (Wildman–Crippen LogP) is 2.22. The Labute approximate surface area is 110 Å². The summed E-state index contributed by atoms with van der Waals surface area (Å²) >= 11 is 0. The molecule has 0 saturated carbocycles. The van der Waals surface area contributed by atoms with Gasteiger partial charge in [0.1, 0.15) is 0 Å². The number of nitrogens with one attached hydrogen (secondary N) is 1. The van der Waals surface area contributed by atoms with Crippen molar-refractivity contribution in [1.82, 2.24) is 5.32 Å². The van der Waals surface area contributed by atoms with Crippen molar-refractivity contribution in [1.29, 1.82) is 0 Å². The topological polar surface area (TPSA) is 47.3 Å². The van der Waals surface area contributed by atoms with E-state index in [0.717, 1.165) is 51.3 Å². The van der Waals surface area contributed by atoms with Gasteiger partial charge in [0.15, 0.2) is 0 Å². The van der Waals surface area contributed by atoms with Gasteiger partial charge < -0.3 is 15.8 Å². The molecule has 1 aliphatic heterocycles. The average Bonchev–Trinajstić information content (AvgIpc) is 2.36. The Morgan fingerprint density at radius 3 is 2.83 bits per heavy atom. The zero-order chi connectivity index (χ0) is 12.8. The smallest absolute Gasteiger partial charge is 0.0471 e. The molecule has 3 heteroatoms. The van der Waals surface area contributed by atoms with Crippen LogP contribution in [0.1, 0.15) is 25.3 Å². The van der Waals surface area contributed by atoms with Gasteiger partial charge in [0.2, 0.25) is 0 Å². The van der Waals surface area contributed by atoms with Crippen LogP contribution in [0.4, 0.5) is 5.69 Å². The van der Waals surface area contributed by atoms with Gasteiger partial charge >= 0.3 is 0 Å². The molecule has 0 unspecified atom stereocenters. The summed E-state index contributed by atoms with van der Waals surface area (Å²) in [4.78, 5) is 0. The SMILES string of the molecule is CC1(CNCCc2cccc(N)c2)CCOCC1. The first kappa shape index (κ1) is 13.4. The van der Waals surface area contributed by atoms with Gasteiger partial charge in [-0.1, -0.05) is 19.1 Å².